The van der Waals surface area contributed by atoms with E-state index in [1.807, 2.05) is 0 Å². The first-order valence-corrected chi connectivity index (χ1v) is 7.91. The molecule has 1 atom stereocenters. The van der Waals surface area contributed by atoms with Gasteiger partial charge in [-0.1, -0.05) is 5.16 Å². The standard InChI is InChI=1S/C11H17N5O3S/c1-7-5-9(10(12)15-17)14-11(13-7)16(2)8-3-4-20(18,19)6-8/h5,8,17H,3-4,6H2,1-2H3,(H2,12,15). The number of aryl methyl sites for hydroxylation is 1. The average molecular weight is 299 g/mol. The number of nitrogens with zero attached hydrogens (tertiary/aromatic N) is 4. The van der Waals surface area contributed by atoms with Crippen molar-refractivity contribution in [3.8, 4) is 0 Å². The second kappa shape index (κ2) is 5.23. The Morgan fingerprint density at radius 3 is 2.80 bits per heavy atom. The van der Waals surface area contributed by atoms with Crippen LogP contribution in [0.2, 0.25) is 0 Å². The van der Waals surface area contributed by atoms with E-state index < -0.39 is 9.84 Å². The lowest BCUT2D eigenvalue weighted by atomic mass is 10.2. The maximum absolute atomic E-state index is 11.5. The van der Waals surface area contributed by atoms with Crippen molar-refractivity contribution < 1.29 is 13.6 Å². The third kappa shape index (κ3) is 2.98. The first kappa shape index (κ1) is 14.5. The van der Waals surface area contributed by atoms with Crippen LogP contribution in [-0.2, 0) is 9.84 Å². The van der Waals surface area contributed by atoms with Crippen molar-refractivity contribution in [2.24, 2.45) is 10.9 Å². The Kier molecular flexibility index (Phi) is 3.80. The number of oxime groups is 1. The van der Waals surface area contributed by atoms with Crippen LogP contribution in [0, 0.1) is 6.92 Å². The third-order valence-electron chi connectivity index (χ3n) is 3.28. The molecule has 110 valence electrons. The van der Waals surface area contributed by atoms with Crippen molar-refractivity contribution in [3.63, 3.8) is 0 Å². The molecule has 1 aromatic rings. The fourth-order valence-corrected chi connectivity index (χ4v) is 3.91. The van der Waals surface area contributed by atoms with Crippen LogP contribution in [0.15, 0.2) is 11.2 Å². The quantitative estimate of drug-likeness (QED) is 0.334. The Balaban J connectivity index is 2.31. The van der Waals surface area contributed by atoms with Crippen molar-refractivity contribution >= 4 is 21.6 Å². The van der Waals surface area contributed by atoms with Gasteiger partial charge in [0.1, 0.15) is 5.69 Å². The van der Waals surface area contributed by atoms with E-state index in [4.69, 9.17) is 10.9 Å². The van der Waals surface area contributed by atoms with E-state index in [1.54, 1.807) is 24.9 Å². The highest BCUT2D eigenvalue weighted by molar-refractivity contribution is 7.91. The number of hydrogen-bond acceptors (Lipinski definition) is 7. The smallest absolute Gasteiger partial charge is 0.226 e. The van der Waals surface area contributed by atoms with Crippen molar-refractivity contribution in [3.05, 3.63) is 17.5 Å². The van der Waals surface area contributed by atoms with Crippen molar-refractivity contribution in [2.75, 3.05) is 23.5 Å². The normalized spacial score (nSPS) is 21.9. The van der Waals surface area contributed by atoms with Gasteiger partial charge in [0.2, 0.25) is 5.95 Å². The molecule has 1 saturated heterocycles. The summed E-state index contributed by atoms with van der Waals surface area (Å²) in [4.78, 5) is 10.2. The predicted molar refractivity (Wildman–Crippen MR) is 74.7 cm³/mol. The van der Waals surface area contributed by atoms with Gasteiger partial charge in [0, 0.05) is 18.8 Å². The minimum absolute atomic E-state index is 0.0969. The molecule has 2 heterocycles. The fraction of sp³-hybridized carbons (Fsp3) is 0.545. The summed E-state index contributed by atoms with van der Waals surface area (Å²) in [5.74, 6) is 0.540. The molecule has 0 radical (unpaired) electrons. The van der Waals surface area contributed by atoms with E-state index in [2.05, 4.69) is 15.1 Å². The molecule has 0 amide bonds. The number of anilines is 1. The Labute approximate surface area is 117 Å². The lowest BCUT2D eigenvalue weighted by Crippen LogP contribution is -2.34. The summed E-state index contributed by atoms with van der Waals surface area (Å²) >= 11 is 0. The van der Waals surface area contributed by atoms with Crippen LogP contribution in [0.25, 0.3) is 0 Å². The minimum atomic E-state index is -2.98. The zero-order chi connectivity index (χ0) is 14.9. The Bertz CT molecular complexity index is 643. The molecule has 0 aliphatic carbocycles. The largest absolute Gasteiger partial charge is 0.409 e. The van der Waals surface area contributed by atoms with Gasteiger partial charge >= 0.3 is 0 Å². The maximum atomic E-state index is 11.5. The van der Waals surface area contributed by atoms with Crippen LogP contribution in [-0.4, -0.2) is 54.0 Å². The number of nitrogens with two attached hydrogens (primary N) is 1. The van der Waals surface area contributed by atoms with Gasteiger partial charge in [0.05, 0.1) is 11.5 Å². The zero-order valence-corrected chi connectivity index (χ0v) is 12.1. The Hall–Kier alpha value is -1.90. The summed E-state index contributed by atoms with van der Waals surface area (Å²) < 4.78 is 23.1. The zero-order valence-electron chi connectivity index (χ0n) is 11.3. The van der Waals surface area contributed by atoms with Gasteiger partial charge in [0.15, 0.2) is 15.7 Å². The van der Waals surface area contributed by atoms with Gasteiger partial charge in [-0.05, 0) is 19.4 Å². The minimum Gasteiger partial charge on any atom is -0.409 e. The van der Waals surface area contributed by atoms with Crippen LogP contribution in [0.4, 0.5) is 5.95 Å². The van der Waals surface area contributed by atoms with Crippen molar-refractivity contribution in [2.45, 2.75) is 19.4 Å². The second-order valence-corrected chi connectivity index (χ2v) is 7.08. The van der Waals surface area contributed by atoms with E-state index in [1.165, 1.54) is 0 Å². The highest BCUT2D eigenvalue weighted by Crippen LogP contribution is 2.20. The summed E-state index contributed by atoms with van der Waals surface area (Å²) in [5, 5.41) is 11.6. The van der Waals surface area contributed by atoms with Crippen molar-refractivity contribution in [1.29, 1.82) is 0 Å². The molecule has 2 rings (SSSR count). The summed E-state index contributed by atoms with van der Waals surface area (Å²) in [6.07, 6.45) is 0.551. The summed E-state index contributed by atoms with van der Waals surface area (Å²) in [6.45, 7) is 1.76. The van der Waals surface area contributed by atoms with Crippen LogP contribution in [0.5, 0.6) is 0 Å². The fourth-order valence-electron chi connectivity index (χ4n) is 2.14. The molecular formula is C11H17N5O3S. The maximum Gasteiger partial charge on any atom is 0.226 e. The van der Waals surface area contributed by atoms with Crippen molar-refractivity contribution in [1.82, 2.24) is 9.97 Å². The van der Waals surface area contributed by atoms with Gasteiger partial charge in [-0.2, -0.15) is 0 Å². The van der Waals surface area contributed by atoms with E-state index in [9.17, 15) is 8.42 Å². The molecule has 1 aromatic heterocycles. The third-order valence-corrected chi connectivity index (χ3v) is 5.03. The predicted octanol–water partition coefficient (Wildman–Crippen LogP) is -0.497. The molecular weight excluding hydrogens is 282 g/mol. The molecule has 8 nitrogen and oxygen atoms in total. The Morgan fingerprint density at radius 1 is 1.55 bits per heavy atom. The number of sulfone groups is 1. The Morgan fingerprint density at radius 2 is 2.25 bits per heavy atom. The molecule has 1 fully saturated rings. The van der Waals surface area contributed by atoms with Gasteiger partial charge in [-0.15, -0.1) is 0 Å². The second-order valence-electron chi connectivity index (χ2n) is 4.85. The lowest BCUT2D eigenvalue weighted by Gasteiger charge is -2.23. The molecule has 1 aliphatic rings. The molecule has 0 bridgehead atoms. The SMILES string of the molecule is Cc1cc(/C(N)=N/O)nc(N(C)C2CCS(=O)(=O)C2)n1. The number of amidine groups is 1. The van der Waals surface area contributed by atoms with Gasteiger partial charge in [0.25, 0.3) is 0 Å². The summed E-state index contributed by atoms with van der Waals surface area (Å²) in [7, 11) is -1.23. The van der Waals surface area contributed by atoms with Crippen LogP contribution in [0.3, 0.4) is 0 Å². The molecule has 1 aliphatic heterocycles. The van der Waals surface area contributed by atoms with Gasteiger partial charge in [-0.3, -0.25) is 0 Å². The highest BCUT2D eigenvalue weighted by Gasteiger charge is 2.32. The summed E-state index contributed by atoms with van der Waals surface area (Å²) in [6, 6.07) is 1.44. The molecule has 0 saturated carbocycles. The van der Waals surface area contributed by atoms with E-state index in [-0.39, 0.29) is 23.4 Å². The summed E-state index contributed by atoms with van der Waals surface area (Å²) in [5.41, 5.74) is 6.49. The van der Waals surface area contributed by atoms with Gasteiger partial charge < -0.3 is 15.8 Å². The molecule has 0 aromatic carbocycles. The van der Waals surface area contributed by atoms with E-state index in [0.717, 1.165) is 0 Å². The first-order chi connectivity index (χ1) is 9.32. The molecule has 3 N–H and O–H groups in total. The van der Waals surface area contributed by atoms with Crippen LogP contribution in [0.1, 0.15) is 17.8 Å². The lowest BCUT2D eigenvalue weighted by molar-refractivity contribution is 0.318. The number of hydrogen-bond donors (Lipinski definition) is 2. The average Bonchev–Trinajstić information content (AvgIpc) is 2.76. The monoisotopic (exact) mass is 299 g/mol. The van der Waals surface area contributed by atoms with E-state index in [0.29, 0.717) is 23.8 Å². The molecule has 1 unspecified atom stereocenters. The molecule has 20 heavy (non-hydrogen) atoms. The van der Waals surface area contributed by atoms with Gasteiger partial charge in [-0.25, -0.2) is 18.4 Å². The number of aromatic nitrogens is 2. The van der Waals surface area contributed by atoms with E-state index >= 15 is 0 Å². The van der Waals surface area contributed by atoms with Crippen LogP contribution < -0.4 is 10.6 Å². The molecule has 0 spiro atoms. The number of rotatable bonds is 3. The topological polar surface area (TPSA) is 122 Å². The van der Waals surface area contributed by atoms with Crippen LogP contribution >= 0.6 is 0 Å². The molecule has 9 heteroatoms. The first-order valence-electron chi connectivity index (χ1n) is 6.09. The highest BCUT2D eigenvalue weighted by atomic mass is 32.2.